The van der Waals surface area contributed by atoms with Crippen LogP contribution in [0.5, 0.6) is 0 Å². The van der Waals surface area contributed by atoms with Crippen LogP contribution in [0.15, 0.2) is 12.1 Å². The van der Waals surface area contributed by atoms with E-state index in [-0.39, 0.29) is 16.8 Å². The summed E-state index contributed by atoms with van der Waals surface area (Å²) in [5.41, 5.74) is 0.0241. The molecule has 0 amide bonds. The molecule has 1 fully saturated rings. The number of hydrogen-bond acceptors (Lipinski definition) is 3. The Morgan fingerprint density at radius 3 is 2.63 bits per heavy atom. The normalized spacial score (nSPS) is 26.4. The van der Waals surface area contributed by atoms with Gasteiger partial charge in [-0.2, -0.15) is 0 Å². The van der Waals surface area contributed by atoms with Crippen LogP contribution in [0.3, 0.4) is 0 Å². The number of anilines is 1. The summed E-state index contributed by atoms with van der Waals surface area (Å²) in [6.45, 7) is 4.28. The second kappa shape index (κ2) is 5.33. The van der Waals surface area contributed by atoms with Crippen molar-refractivity contribution in [2.24, 2.45) is 11.8 Å². The van der Waals surface area contributed by atoms with Crippen molar-refractivity contribution >= 4 is 23.0 Å². The van der Waals surface area contributed by atoms with Crippen molar-refractivity contribution < 1.29 is 9.31 Å². The molecular weight excluding hydrogens is 271 g/mol. The van der Waals surface area contributed by atoms with E-state index in [0.717, 1.165) is 18.9 Å². The maximum Gasteiger partial charge on any atom is 0.295 e. The van der Waals surface area contributed by atoms with Crippen LogP contribution in [-0.4, -0.2) is 11.0 Å². The molecule has 0 radical (unpaired) electrons. The lowest BCUT2D eigenvalue weighted by Gasteiger charge is -2.20. The maximum absolute atomic E-state index is 13.3. The van der Waals surface area contributed by atoms with E-state index in [1.807, 2.05) is 0 Å². The van der Waals surface area contributed by atoms with Gasteiger partial charge in [0.1, 0.15) is 11.5 Å². The van der Waals surface area contributed by atoms with Crippen molar-refractivity contribution in [1.29, 1.82) is 0 Å². The van der Waals surface area contributed by atoms with Crippen molar-refractivity contribution in [3.05, 3.63) is 33.1 Å². The van der Waals surface area contributed by atoms with Gasteiger partial charge in [-0.25, -0.2) is 4.39 Å². The summed E-state index contributed by atoms with van der Waals surface area (Å²) in [4.78, 5) is 10.4. The number of halogens is 2. The van der Waals surface area contributed by atoms with Gasteiger partial charge in [0.05, 0.1) is 16.0 Å². The third-order valence-corrected chi connectivity index (χ3v) is 4.33. The summed E-state index contributed by atoms with van der Waals surface area (Å²) in [6, 6.07) is 2.33. The molecule has 0 heterocycles. The molecule has 3 atom stereocenters. The molecule has 0 aromatic heterocycles. The summed E-state index contributed by atoms with van der Waals surface area (Å²) in [5, 5.41) is 14.0. The van der Waals surface area contributed by atoms with E-state index in [0.29, 0.717) is 17.5 Å². The van der Waals surface area contributed by atoms with Gasteiger partial charge in [0.15, 0.2) is 0 Å². The Bertz CT molecular complexity index is 510. The quantitative estimate of drug-likeness (QED) is 0.668. The van der Waals surface area contributed by atoms with Crippen LogP contribution < -0.4 is 5.32 Å². The molecule has 19 heavy (non-hydrogen) atoms. The van der Waals surface area contributed by atoms with Crippen molar-refractivity contribution in [3.8, 4) is 0 Å². The molecule has 1 N–H and O–H groups in total. The Balaban J connectivity index is 2.29. The number of benzene rings is 1. The van der Waals surface area contributed by atoms with Crippen molar-refractivity contribution in [1.82, 2.24) is 0 Å². The van der Waals surface area contributed by atoms with E-state index < -0.39 is 10.7 Å². The standard InChI is InChI=1S/C13H16ClFN2O2/c1-7-3-4-11(8(7)2)16-12-5-9(14)10(15)6-13(12)17(18)19/h5-8,11,16H,3-4H2,1-2H3. The topological polar surface area (TPSA) is 55.2 Å². The first kappa shape index (κ1) is 14.1. The van der Waals surface area contributed by atoms with Crippen LogP contribution in [0, 0.1) is 27.8 Å². The predicted molar refractivity (Wildman–Crippen MR) is 73.0 cm³/mol. The number of rotatable bonds is 3. The van der Waals surface area contributed by atoms with Crippen LogP contribution >= 0.6 is 11.6 Å². The monoisotopic (exact) mass is 286 g/mol. The van der Waals surface area contributed by atoms with Gasteiger partial charge in [-0.1, -0.05) is 25.4 Å². The van der Waals surface area contributed by atoms with Gasteiger partial charge in [0, 0.05) is 6.04 Å². The highest BCUT2D eigenvalue weighted by atomic mass is 35.5. The summed E-state index contributed by atoms with van der Waals surface area (Å²) in [7, 11) is 0. The lowest BCUT2D eigenvalue weighted by atomic mass is 9.97. The van der Waals surface area contributed by atoms with Crippen LogP contribution in [0.1, 0.15) is 26.7 Å². The molecule has 0 spiro atoms. The number of nitrogens with zero attached hydrogens (tertiary/aromatic N) is 1. The fraction of sp³-hybridized carbons (Fsp3) is 0.538. The minimum Gasteiger partial charge on any atom is -0.376 e. The molecule has 2 rings (SSSR count). The molecule has 0 bridgehead atoms. The first-order chi connectivity index (χ1) is 8.90. The van der Waals surface area contributed by atoms with Crippen LogP contribution in [-0.2, 0) is 0 Å². The van der Waals surface area contributed by atoms with E-state index >= 15 is 0 Å². The van der Waals surface area contributed by atoms with E-state index in [1.165, 1.54) is 6.07 Å². The number of hydrogen-bond donors (Lipinski definition) is 1. The smallest absolute Gasteiger partial charge is 0.295 e. The zero-order chi connectivity index (χ0) is 14.2. The molecule has 3 unspecified atom stereocenters. The van der Waals surface area contributed by atoms with Gasteiger partial charge in [0.25, 0.3) is 5.69 Å². The Morgan fingerprint density at radius 2 is 2.11 bits per heavy atom. The highest BCUT2D eigenvalue weighted by Crippen LogP contribution is 2.37. The zero-order valence-corrected chi connectivity index (χ0v) is 11.6. The molecular formula is C13H16ClFN2O2. The third kappa shape index (κ3) is 2.81. The highest BCUT2D eigenvalue weighted by Gasteiger charge is 2.31. The highest BCUT2D eigenvalue weighted by molar-refractivity contribution is 6.31. The molecule has 104 valence electrons. The minimum atomic E-state index is -0.772. The predicted octanol–water partition coefficient (Wildman–Crippen LogP) is 4.23. The summed E-state index contributed by atoms with van der Waals surface area (Å²) in [6.07, 6.45) is 2.04. The average molecular weight is 287 g/mol. The molecule has 0 saturated heterocycles. The second-order valence-electron chi connectivity index (χ2n) is 5.21. The molecule has 1 aromatic carbocycles. The largest absolute Gasteiger partial charge is 0.376 e. The van der Waals surface area contributed by atoms with Gasteiger partial charge in [0.2, 0.25) is 0 Å². The minimum absolute atomic E-state index is 0.105. The zero-order valence-electron chi connectivity index (χ0n) is 10.8. The average Bonchev–Trinajstić information content (AvgIpc) is 2.65. The fourth-order valence-corrected chi connectivity index (χ4v) is 2.73. The summed E-state index contributed by atoms with van der Waals surface area (Å²) < 4.78 is 13.3. The lowest BCUT2D eigenvalue weighted by molar-refractivity contribution is -0.384. The number of nitro benzene ring substituents is 1. The van der Waals surface area contributed by atoms with Crippen LogP contribution in [0.25, 0.3) is 0 Å². The molecule has 0 aliphatic heterocycles. The van der Waals surface area contributed by atoms with Gasteiger partial charge < -0.3 is 5.32 Å². The fourth-order valence-electron chi connectivity index (χ4n) is 2.57. The van der Waals surface area contributed by atoms with E-state index in [4.69, 9.17) is 11.6 Å². The van der Waals surface area contributed by atoms with Crippen molar-refractivity contribution in [2.75, 3.05) is 5.32 Å². The van der Waals surface area contributed by atoms with Crippen LogP contribution in [0.2, 0.25) is 5.02 Å². The maximum atomic E-state index is 13.3. The Morgan fingerprint density at radius 1 is 1.42 bits per heavy atom. The van der Waals surface area contributed by atoms with Gasteiger partial charge in [-0.05, 0) is 30.7 Å². The number of nitrogens with one attached hydrogen (secondary N) is 1. The lowest BCUT2D eigenvalue weighted by Crippen LogP contribution is -2.24. The first-order valence-corrected chi connectivity index (χ1v) is 6.68. The van der Waals surface area contributed by atoms with E-state index in [9.17, 15) is 14.5 Å². The summed E-state index contributed by atoms with van der Waals surface area (Å²) >= 11 is 5.70. The third-order valence-electron chi connectivity index (χ3n) is 4.04. The van der Waals surface area contributed by atoms with Crippen molar-refractivity contribution in [2.45, 2.75) is 32.7 Å². The number of nitro groups is 1. The Kier molecular flexibility index (Phi) is 3.94. The molecule has 1 aliphatic rings. The molecule has 1 aliphatic carbocycles. The Labute approximate surface area is 116 Å². The molecule has 1 aromatic rings. The van der Waals surface area contributed by atoms with Gasteiger partial charge >= 0.3 is 0 Å². The SMILES string of the molecule is CC1CCC(Nc2cc(Cl)c(F)cc2[N+](=O)[O-])C1C. The second-order valence-corrected chi connectivity index (χ2v) is 5.61. The summed E-state index contributed by atoms with van der Waals surface area (Å²) in [5.74, 6) is 0.225. The van der Waals surface area contributed by atoms with Gasteiger partial charge in [-0.15, -0.1) is 0 Å². The first-order valence-electron chi connectivity index (χ1n) is 6.30. The van der Waals surface area contributed by atoms with Gasteiger partial charge in [-0.3, -0.25) is 10.1 Å². The Hall–Kier alpha value is -1.36. The van der Waals surface area contributed by atoms with Crippen molar-refractivity contribution in [3.63, 3.8) is 0 Å². The van der Waals surface area contributed by atoms with E-state index in [2.05, 4.69) is 19.2 Å². The van der Waals surface area contributed by atoms with Crippen LogP contribution in [0.4, 0.5) is 15.8 Å². The molecule has 6 heteroatoms. The van der Waals surface area contributed by atoms with E-state index in [1.54, 1.807) is 0 Å². The molecule has 4 nitrogen and oxygen atoms in total. The molecule has 1 saturated carbocycles.